The third kappa shape index (κ3) is 4.77. The van der Waals surface area contributed by atoms with E-state index >= 15 is 0 Å². The molecule has 0 radical (unpaired) electrons. The van der Waals surface area contributed by atoms with Crippen LogP contribution in [0.1, 0.15) is 13.8 Å². The molecular formula is C12H22N4O2S. The first-order chi connectivity index (χ1) is 8.64. The summed E-state index contributed by atoms with van der Waals surface area (Å²) in [5.41, 5.74) is 5.69. The summed E-state index contributed by atoms with van der Waals surface area (Å²) in [5.74, 6) is 0. The van der Waals surface area contributed by atoms with E-state index in [0.717, 1.165) is 6.54 Å². The van der Waals surface area contributed by atoms with E-state index in [1.54, 1.807) is 0 Å². The lowest BCUT2D eigenvalue weighted by Crippen LogP contribution is -2.40. The Labute approximate surface area is 115 Å². The van der Waals surface area contributed by atoms with Crippen LogP contribution in [0.5, 0.6) is 0 Å². The highest BCUT2D eigenvalue weighted by molar-refractivity contribution is 7.89. The molecule has 19 heavy (non-hydrogen) atoms. The van der Waals surface area contributed by atoms with Crippen molar-refractivity contribution in [3.63, 3.8) is 0 Å². The summed E-state index contributed by atoms with van der Waals surface area (Å²) in [6.45, 7) is 5.12. The third-order valence-electron chi connectivity index (χ3n) is 2.59. The van der Waals surface area contributed by atoms with Gasteiger partial charge in [-0.15, -0.1) is 0 Å². The molecule has 3 N–H and O–H groups in total. The number of nitrogens with one attached hydrogen (secondary N) is 1. The molecule has 0 fully saturated rings. The molecule has 0 aliphatic carbocycles. The molecule has 6 nitrogen and oxygen atoms in total. The van der Waals surface area contributed by atoms with Crippen molar-refractivity contribution in [3.05, 3.63) is 18.5 Å². The topological polar surface area (TPSA) is 88.3 Å². The van der Waals surface area contributed by atoms with Gasteiger partial charge in [0, 0.05) is 25.5 Å². The first-order valence-electron chi connectivity index (χ1n) is 5.98. The summed E-state index contributed by atoms with van der Waals surface area (Å²) in [5, 5.41) is 0. The standard InChI is InChI=1S/C12H22N4O2S/c1-12(2,9-16(3)4)8-15-19(17,18)11-7-14-6-5-10(11)13/h5-7,15H,8-9H2,1-4H3,(H2,13,14). The van der Waals surface area contributed by atoms with Crippen LogP contribution in [0.2, 0.25) is 0 Å². The first-order valence-corrected chi connectivity index (χ1v) is 7.46. The van der Waals surface area contributed by atoms with Gasteiger partial charge >= 0.3 is 0 Å². The van der Waals surface area contributed by atoms with Crippen molar-refractivity contribution in [2.24, 2.45) is 5.41 Å². The number of nitrogens with zero attached hydrogens (tertiary/aromatic N) is 2. The molecule has 1 rings (SSSR count). The average Bonchev–Trinajstić information content (AvgIpc) is 2.25. The molecule has 0 unspecified atom stereocenters. The van der Waals surface area contributed by atoms with Crippen LogP contribution in [0, 0.1) is 5.41 Å². The van der Waals surface area contributed by atoms with Crippen LogP contribution in [-0.4, -0.2) is 45.5 Å². The Morgan fingerprint density at radius 3 is 2.58 bits per heavy atom. The van der Waals surface area contributed by atoms with Crippen LogP contribution in [0.4, 0.5) is 5.69 Å². The minimum atomic E-state index is -3.62. The number of nitrogens with two attached hydrogens (primary N) is 1. The molecule has 0 saturated carbocycles. The second-order valence-corrected chi connectivity index (χ2v) is 7.38. The highest BCUT2D eigenvalue weighted by Gasteiger charge is 2.24. The maximum atomic E-state index is 12.1. The van der Waals surface area contributed by atoms with Crippen molar-refractivity contribution in [2.45, 2.75) is 18.7 Å². The number of anilines is 1. The number of aromatic nitrogens is 1. The monoisotopic (exact) mass is 286 g/mol. The predicted octanol–water partition coefficient (Wildman–Crippen LogP) is 0.530. The molecule has 0 saturated heterocycles. The molecule has 0 atom stereocenters. The minimum absolute atomic E-state index is 0.0238. The van der Waals surface area contributed by atoms with Gasteiger partial charge in [0.15, 0.2) is 0 Å². The number of pyridine rings is 1. The van der Waals surface area contributed by atoms with E-state index in [1.165, 1.54) is 18.5 Å². The normalized spacial score (nSPS) is 12.9. The molecule has 0 spiro atoms. The van der Waals surface area contributed by atoms with Crippen molar-refractivity contribution < 1.29 is 8.42 Å². The smallest absolute Gasteiger partial charge is 0.244 e. The Morgan fingerprint density at radius 2 is 2.05 bits per heavy atom. The Hall–Kier alpha value is -1.18. The molecule has 0 amide bonds. The Balaban J connectivity index is 2.80. The minimum Gasteiger partial charge on any atom is -0.398 e. The molecule has 0 aliphatic rings. The lowest BCUT2D eigenvalue weighted by atomic mass is 9.93. The zero-order valence-electron chi connectivity index (χ0n) is 11.8. The van der Waals surface area contributed by atoms with Crippen LogP contribution in [-0.2, 0) is 10.0 Å². The van der Waals surface area contributed by atoms with Gasteiger partial charge < -0.3 is 10.6 Å². The van der Waals surface area contributed by atoms with Crippen LogP contribution in [0.3, 0.4) is 0 Å². The van der Waals surface area contributed by atoms with E-state index < -0.39 is 10.0 Å². The summed E-state index contributed by atoms with van der Waals surface area (Å²) >= 11 is 0. The molecular weight excluding hydrogens is 264 g/mol. The first kappa shape index (κ1) is 15.9. The van der Waals surface area contributed by atoms with Gasteiger partial charge in [-0.2, -0.15) is 0 Å². The second kappa shape index (κ2) is 5.85. The Morgan fingerprint density at radius 1 is 1.42 bits per heavy atom. The number of hydrogen-bond donors (Lipinski definition) is 2. The van der Waals surface area contributed by atoms with E-state index in [1.807, 2.05) is 32.8 Å². The fourth-order valence-electron chi connectivity index (χ4n) is 1.90. The molecule has 0 aliphatic heterocycles. The number of sulfonamides is 1. The van der Waals surface area contributed by atoms with Gasteiger partial charge in [-0.05, 0) is 25.6 Å². The Kier molecular flexibility index (Phi) is 4.89. The summed E-state index contributed by atoms with van der Waals surface area (Å²) in [6, 6.07) is 1.47. The molecule has 1 aromatic heterocycles. The molecule has 0 bridgehead atoms. The lowest BCUT2D eigenvalue weighted by Gasteiger charge is -2.28. The van der Waals surface area contributed by atoms with Gasteiger partial charge in [0.05, 0.1) is 5.69 Å². The van der Waals surface area contributed by atoms with Gasteiger partial charge in [-0.25, -0.2) is 13.1 Å². The van der Waals surface area contributed by atoms with Crippen LogP contribution < -0.4 is 10.5 Å². The van der Waals surface area contributed by atoms with Crippen LogP contribution in [0.15, 0.2) is 23.4 Å². The molecule has 1 aromatic rings. The van der Waals surface area contributed by atoms with Crippen LogP contribution in [0.25, 0.3) is 0 Å². The molecule has 108 valence electrons. The van der Waals surface area contributed by atoms with Crippen molar-refractivity contribution in [3.8, 4) is 0 Å². The largest absolute Gasteiger partial charge is 0.398 e. The van der Waals surface area contributed by atoms with Crippen LogP contribution >= 0.6 is 0 Å². The maximum Gasteiger partial charge on any atom is 0.244 e. The van der Waals surface area contributed by atoms with Gasteiger partial charge in [0.1, 0.15) is 4.90 Å². The highest BCUT2D eigenvalue weighted by Crippen LogP contribution is 2.19. The summed E-state index contributed by atoms with van der Waals surface area (Å²) in [6.07, 6.45) is 2.72. The summed E-state index contributed by atoms with van der Waals surface area (Å²) < 4.78 is 26.9. The van der Waals surface area contributed by atoms with E-state index in [2.05, 4.69) is 9.71 Å². The molecule has 1 heterocycles. The van der Waals surface area contributed by atoms with E-state index in [-0.39, 0.29) is 16.0 Å². The fraction of sp³-hybridized carbons (Fsp3) is 0.583. The average molecular weight is 286 g/mol. The van der Waals surface area contributed by atoms with Gasteiger partial charge in [0.25, 0.3) is 0 Å². The van der Waals surface area contributed by atoms with Crippen molar-refractivity contribution in [1.82, 2.24) is 14.6 Å². The number of rotatable bonds is 6. The van der Waals surface area contributed by atoms with Crippen molar-refractivity contribution in [2.75, 3.05) is 32.9 Å². The third-order valence-corrected chi connectivity index (χ3v) is 4.04. The Bertz CT molecular complexity index is 526. The zero-order chi connectivity index (χ0) is 14.7. The predicted molar refractivity (Wildman–Crippen MR) is 76.2 cm³/mol. The van der Waals surface area contributed by atoms with E-state index in [4.69, 9.17) is 5.73 Å². The number of nitrogen functional groups attached to an aromatic ring is 1. The quantitative estimate of drug-likeness (QED) is 0.796. The fourth-order valence-corrected chi connectivity index (χ4v) is 3.21. The van der Waals surface area contributed by atoms with Crippen molar-refractivity contribution in [1.29, 1.82) is 0 Å². The van der Waals surface area contributed by atoms with Gasteiger partial charge in [-0.3, -0.25) is 4.98 Å². The SMILES string of the molecule is CN(C)CC(C)(C)CNS(=O)(=O)c1cnccc1N. The lowest BCUT2D eigenvalue weighted by molar-refractivity contribution is 0.242. The van der Waals surface area contributed by atoms with Crippen molar-refractivity contribution >= 4 is 15.7 Å². The van der Waals surface area contributed by atoms with Gasteiger partial charge in [-0.1, -0.05) is 13.8 Å². The zero-order valence-corrected chi connectivity index (χ0v) is 12.7. The van der Waals surface area contributed by atoms with E-state index in [0.29, 0.717) is 6.54 Å². The highest BCUT2D eigenvalue weighted by atomic mass is 32.2. The number of hydrogen-bond acceptors (Lipinski definition) is 5. The second-order valence-electron chi connectivity index (χ2n) is 5.64. The van der Waals surface area contributed by atoms with Gasteiger partial charge in [0.2, 0.25) is 10.0 Å². The van der Waals surface area contributed by atoms with E-state index in [9.17, 15) is 8.42 Å². The molecule has 7 heteroatoms. The summed E-state index contributed by atoms with van der Waals surface area (Å²) in [7, 11) is 0.291. The summed E-state index contributed by atoms with van der Waals surface area (Å²) in [4.78, 5) is 5.84. The maximum absolute atomic E-state index is 12.1. The molecule has 0 aromatic carbocycles.